The lowest BCUT2D eigenvalue weighted by Gasteiger charge is -2.24. The summed E-state index contributed by atoms with van der Waals surface area (Å²) in [6.45, 7) is 19.7. The van der Waals surface area contributed by atoms with E-state index in [9.17, 15) is 14.7 Å². The van der Waals surface area contributed by atoms with Gasteiger partial charge in [0, 0.05) is 57.0 Å². The van der Waals surface area contributed by atoms with E-state index in [0.717, 1.165) is 70.4 Å². The number of ether oxygens (including phenoxy) is 2. The van der Waals surface area contributed by atoms with Crippen molar-refractivity contribution >= 4 is 35.7 Å². The van der Waals surface area contributed by atoms with Crippen LogP contribution in [-0.4, -0.2) is 51.8 Å². The van der Waals surface area contributed by atoms with Gasteiger partial charge in [-0.3, -0.25) is 4.79 Å². The Morgan fingerprint density at radius 2 is 1.61 bits per heavy atom. The summed E-state index contributed by atoms with van der Waals surface area (Å²) in [6, 6.07) is -0.386. The number of fused-ring (bicyclic) bond motifs is 8. The number of aliphatic hydroxyl groups is 1. The maximum absolute atomic E-state index is 13.6. The number of aromatic amines is 3. The first kappa shape index (κ1) is 39.2. The van der Waals surface area contributed by atoms with Crippen molar-refractivity contribution in [1.82, 2.24) is 20.3 Å². The molecule has 1 fully saturated rings. The minimum absolute atomic E-state index is 0.00336. The molecule has 6 rings (SSSR count). The summed E-state index contributed by atoms with van der Waals surface area (Å²) in [4.78, 5) is 37.9. The third-order valence-corrected chi connectivity index (χ3v) is 12.2. The quantitative estimate of drug-likeness (QED) is 0.100. The van der Waals surface area contributed by atoms with Crippen LogP contribution in [-0.2, 0) is 31.9 Å². The zero-order chi connectivity index (χ0) is 39.0. The van der Waals surface area contributed by atoms with Gasteiger partial charge in [0.05, 0.1) is 24.4 Å². The summed E-state index contributed by atoms with van der Waals surface area (Å²) in [5.41, 5.74) is 13.3. The van der Waals surface area contributed by atoms with E-state index in [4.69, 9.17) is 9.47 Å². The molecule has 0 saturated carbocycles. The number of rotatable bonds is 12. The number of carbonyl (C=O) groups excluding carboxylic acids is 2. The molecule has 0 aromatic carbocycles. The van der Waals surface area contributed by atoms with Crippen LogP contribution in [0.15, 0.2) is 22.9 Å². The predicted octanol–water partition coefficient (Wildman–Crippen LogP) is 7.03. The Balaban J connectivity index is 1.45. The standard InChI is InChI=1S/C45H60N4O5/c1-11-29-25(6)32-20-34-27(8)31(16-17-38(50)54-19-18-24(5)15-13-14-23(3)4)42(48-34)40-41(45(52)53-10)44(51)39-28(9)35(49-43(39)40)22-37-30(12-2)26(7)33(47-37)21-36(29)46-32/h18,20-23,27,31,42,44,46-49,51H,11-17,19H2,1-10H3/b24-18-,33-21-,34-20-,37-22-/t27-,31-,42?,44-/m0/s1. The van der Waals surface area contributed by atoms with Gasteiger partial charge in [-0.2, -0.15) is 0 Å². The van der Waals surface area contributed by atoms with E-state index in [2.05, 4.69) is 93.9 Å². The summed E-state index contributed by atoms with van der Waals surface area (Å²) in [7, 11) is 1.35. The molecule has 5 heterocycles. The van der Waals surface area contributed by atoms with Crippen LogP contribution in [0.2, 0.25) is 0 Å². The Hall–Kier alpha value is -4.50. The molecule has 0 spiro atoms. The van der Waals surface area contributed by atoms with Crippen molar-refractivity contribution < 1.29 is 24.2 Å². The Bertz CT molecular complexity index is 2150. The lowest BCUT2D eigenvalue weighted by Crippen LogP contribution is -2.30. The van der Waals surface area contributed by atoms with Crippen molar-refractivity contribution in [2.45, 2.75) is 119 Å². The van der Waals surface area contributed by atoms with Crippen LogP contribution in [0.25, 0.3) is 23.8 Å². The third kappa shape index (κ3) is 7.31. The number of aromatic nitrogens is 3. The van der Waals surface area contributed by atoms with Crippen molar-refractivity contribution in [3.63, 3.8) is 0 Å². The zero-order valence-corrected chi connectivity index (χ0v) is 33.9. The van der Waals surface area contributed by atoms with Gasteiger partial charge in [0.15, 0.2) is 0 Å². The van der Waals surface area contributed by atoms with Crippen molar-refractivity contribution in [2.75, 3.05) is 13.7 Å². The van der Waals surface area contributed by atoms with Gasteiger partial charge >= 0.3 is 11.9 Å². The molecule has 2 aliphatic heterocycles. The number of nitrogens with one attached hydrogen (secondary N) is 4. The molecule has 1 aliphatic carbocycles. The molecule has 1 saturated heterocycles. The molecule has 0 amide bonds. The molecule has 9 heteroatoms. The van der Waals surface area contributed by atoms with Gasteiger partial charge < -0.3 is 34.8 Å². The minimum Gasteiger partial charge on any atom is -0.466 e. The van der Waals surface area contributed by atoms with Gasteiger partial charge in [-0.1, -0.05) is 46.6 Å². The van der Waals surface area contributed by atoms with Gasteiger partial charge in [-0.25, -0.2) is 4.79 Å². The zero-order valence-electron chi connectivity index (χ0n) is 33.9. The largest absolute Gasteiger partial charge is 0.466 e. The number of allylic oxidation sites excluding steroid dienone is 2. The monoisotopic (exact) mass is 736 g/mol. The van der Waals surface area contributed by atoms with E-state index in [1.54, 1.807) is 0 Å². The van der Waals surface area contributed by atoms with Crippen LogP contribution in [0, 0.1) is 38.5 Å². The molecule has 5 N–H and O–H groups in total. The fourth-order valence-electron chi connectivity index (χ4n) is 8.99. The van der Waals surface area contributed by atoms with E-state index < -0.39 is 12.1 Å². The highest BCUT2D eigenvalue weighted by Gasteiger charge is 2.47. The van der Waals surface area contributed by atoms with Crippen LogP contribution in [0.3, 0.4) is 0 Å². The first-order valence-electron chi connectivity index (χ1n) is 19.9. The van der Waals surface area contributed by atoms with E-state index in [0.29, 0.717) is 23.5 Å². The number of carbonyl (C=O) groups is 2. The number of hydrogen-bond acceptors (Lipinski definition) is 6. The van der Waals surface area contributed by atoms with Crippen molar-refractivity contribution in [1.29, 1.82) is 0 Å². The van der Waals surface area contributed by atoms with E-state index in [1.165, 1.54) is 41.4 Å². The van der Waals surface area contributed by atoms with E-state index in [-0.39, 0.29) is 42.4 Å². The van der Waals surface area contributed by atoms with Crippen LogP contribution in [0.1, 0.15) is 136 Å². The molecule has 8 bridgehead atoms. The fraction of sp³-hybridized carbons (Fsp3) is 0.511. The molecule has 3 aromatic heterocycles. The van der Waals surface area contributed by atoms with Crippen molar-refractivity contribution in [3.8, 4) is 0 Å². The molecule has 0 radical (unpaired) electrons. The Morgan fingerprint density at radius 1 is 0.907 bits per heavy atom. The second-order valence-corrected chi connectivity index (χ2v) is 16.0. The lowest BCUT2D eigenvalue weighted by atomic mass is 9.82. The van der Waals surface area contributed by atoms with Gasteiger partial charge in [0.25, 0.3) is 0 Å². The number of aliphatic hydroxyl groups excluding tert-OH is 1. The molecule has 54 heavy (non-hydrogen) atoms. The fourth-order valence-corrected chi connectivity index (χ4v) is 8.99. The van der Waals surface area contributed by atoms with Crippen LogP contribution in [0.5, 0.6) is 0 Å². The number of esters is 2. The first-order chi connectivity index (χ1) is 25.8. The molecular weight excluding hydrogens is 677 g/mol. The van der Waals surface area contributed by atoms with Gasteiger partial charge in [-0.15, -0.1) is 0 Å². The minimum atomic E-state index is -1.16. The topological polar surface area (TPSA) is 132 Å². The van der Waals surface area contributed by atoms with Crippen LogP contribution in [0.4, 0.5) is 0 Å². The first-order valence-corrected chi connectivity index (χ1v) is 19.9. The molecule has 4 atom stereocenters. The highest BCUT2D eigenvalue weighted by Crippen LogP contribution is 2.50. The summed E-state index contributed by atoms with van der Waals surface area (Å²) < 4.78 is 11.0. The van der Waals surface area contributed by atoms with E-state index >= 15 is 0 Å². The summed E-state index contributed by atoms with van der Waals surface area (Å²) in [6.07, 6.45) is 13.2. The SMILES string of the molecule is CCc1c2[nH]c(c1C)/C=C1\NC(C3=C(C(=O)OC)[C@@H](O)c4c3[nH]c(c4C)/C=c3\[nH]/c(c(C)c3CC)=C\2)[C@@H](CCC(=O)OC/C=C(/C)CCCC(C)C)[C@@H]1C. The van der Waals surface area contributed by atoms with Crippen molar-refractivity contribution in [3.05, 3.63) is 89.8 Å². The second kappa shape index (κ2) is 16.1. The van der Waals surface area contributed by atoms with Gasteiger partial charge in [0.1, 0.15) is 12.7 Å². The molecule has 3 aromatic rings. The second-order valence-electron chi connectivity index (χ2n) is 16.0. The molecule has 9 nitrogen and oxygen atoms in total. The summed E-state index contributed by atoms with van der Waals surface area (Å²) in [5.74, 6) is -0.228. The maximum Gasteiger partial charge on any atom is 0.337 e. The number of H-pyrrole nitrogens is 3. The lowest BCUT2D eigenvalue weighted by molar-refractivity contribution is -0.143. The summed E-state index contributed by atoms with van der Waals surface area (Å²) in [5, 5.41) is 17.8. The molecule has 1 unspecified atom stereocenters. The van der Waals surface area contributed by atoms with Crippen LogP contribution >= 0.6 is 0 Å². The van der Waals surface area contributed by atoms with Gasteiger partial charge in [-0.05, 0) is 124 Å². The normalized spacial score (nSPS) is 22.7. The van der Waals surface area contributed by atoms with E-state index in [1.807, 2.05) is 13.0 Å². The Kier molecular flexibility index (Phi) is 11.7. The van der Waals surface area contributed by atoms with Crippen molar-refractivity contribution in [2.24, 2.45) is 17.8 Å². The van der Waals surface area contributed by atoms with Crippen LogP contribution < -0.4 is 16.0 Å². The highest BCUT2D eigenvalue weighted by atomic mass is 16.5. The predicted molar refractivity (Wildman–Crippen MR) is 216 cm³/mol. The molecule has 3 aliphatic rings. The molecule has 290 valence electrons. The third-order valence-electron chi connectivity index (χ3n) is 12.2. The molecular formula is C45H60N4O5. The van der Waals surface area contributed by atoms with Gasteiger partial charge in [0.2, 0.25) is 0 Å². The highest BCUT2D eigenvalue weighted by molar-refractivity contribution is 6.03. The smallest absolute Gasteiger partial charge is 0.337 e. The Labute approximate surface area is 320 Å². The number of methoxy groups -OCH3 is 1. The average molecular weight is 737 g/mol. The number of hydrogen-bond donors (Lipinski definition) is 5. The Morgan fingerprint density at radius 3 is 2.30 bits per heavy atom. The maximum atomic E-state index is 13.6. The summed E-state index contributed by atoms with van der Waals surface area (Å²) >= 11 is 0. The average Bonchev–Trinajstić information content (AvgIpc) is 3.87.